The highest BCUT2D eigenvalue weighted by molar-refractivity contribution is 7.89. The number of ether oxygens (including phenoxy) is 2. The Morgan fingerprint density at radius 2 is 1.68 bits per heavy atom. The van der Waals surface area contributed by atoms with Gasteiger partial charge >= 0.3 is 0 Å². The minimum Gasteiger partial charge on any atom is -0.497 e. The lowest BCUT2D eigenvalue weighted by molar-refractivity contribution is -0.895. The summed E-state index contributed by atoms with van der Waals surface area (Å²) in [5.41, 5.74) is 0.567. The maximum absolute atomic E-state index is 12.9. The molecule has 8 nitrogen and oxygen atoms in total. The molecule has 2 aromatic rings. The fourth-order valence-electron chi connectivity index (χ4n) is 3.35. The molecule has 0 aliphatic carbocycles. The van der Waals surface area contributed by atoms with E-state index >= 15 is 0 Å². The molecule has 1 aliphatic heterocycles. The average Bonchev–Trinajstić information content (AvgIpc) is 2.75. The highest BCUT2D eigenvalue weighted by Gasteiger charge is 2.32. The van der Waals surface area contributed by atoms with E-state index in [2.05, 4.69) is 5.32 Å². The van der Waals surface area contributed by atoms with Gasteiger partial charge in [-0.15, -0.1) is 0 Å². The van der Waals surface area contributed by atoms with Crippen LogP contribution in [0.4, 0.5) is 5.69 Å². The molecule has 1 fully saturated rings. The number of piperazine rings is 1. The first kappa shape index (κ1) is 23.6. The number of carbonyl (C=O) groups excluding carboxylic acids is 1. The molecule has 1 aliphatic rings. The zero-order valence-electron chi connectivity index (χ0n) is 17.2. The summed E-state index contributed by atoms with van der Waals surface area (Å²) in [6.45, 7) is 1.76. The van der Waals surface area contributed by atoms with Crippen molar-refractivity contribution < 1.29 is 27.6 Å². The van der Waals surface area contributed by atoms with Crippen molar-refractivity contribution in [2.45, 2.75) is 4.90 Å². The summed E-state index contributed by atoms with van der Waals surface area (Å²) in [5.74, 6) is 0.959. The summed E-state index contributed by atoms with van der Waals surface area (Å²) in [6, 6.07) is 9.49. The lowest BCUT2D eigenvalue weighted by atomic mass is 10.2. The van der Waals surface area contributed by atoms with Gasteiger partial charge in [0.2, 0.25) is 10.0 Å². The number of anilines is 1. The van der Waals surface area contributed by atoms with E-state index in [0.717, 1.165) is 4.90 Å². The number of sulfonamides is 1. The number of benzene rings is 2. The Hall–Kier alpha value is -2.04. The molecule has 1 heterocycles. The molecule has 0 bridgehead atoms. The Bertz CT molecular complexity index is 1030. The van der Waals surface area contributed by atoms with Crippen molar-refractivity contribution in [1.29, 1.82) is 0 Å². The van der Waals surface area contributed by atoms with Crippen molar-refractivity contribution >= 4 is 44.8 Å². The fraction of sp³-hybridized carbons (Fsp3) is 0.350. The average molecular weight is 489 g/mol. The molecular formula is C20H24Cl2N3O5S+. The number of rotatable bonds is 7. The van der Waals surface area contributed by atoms with Crippen LogP contribution in [-0.4, -0.2) is 65.6 Å². The molecule has 3 rings (SSSR count). The second-order valence-electron chi connectivity index (χ2n) is 7.06. The zero-order valence-corrected chi connectivity index (χ0v) is 19.5. The standard InChI is InChI=1S/C20H23Cl2N3O5S/c1-29-16-10-15(11-17(12-16)30-2)23-20(26)13-24-5-7-25(8-6-24)31(27,28)19-9-14(21)3-4-18(19)22/h3-4,9-12H,5-8,13H2,1-2H3,(H,23,26)/p+1. The van der Waals surface area contributed by atoms with Crippen LogP contribution in [0.1, 0.15) is 0 Å². The first-order chi connectivity index (χ1) is 14.7. The summed E-state index contributed by atoms with van der Waals surface area (Å²) >= 11 is 12.0. The first-order valence-corrected chi connectivity index (χ1v) is 11.7. The molecule has 11 heteroatoms. The quantitative estimate of drug-likeness (QED) is 0.616. The number of carbonyl (C=O) groups is 1. The number of nitrogens with zero attached hydrogens (tertiary/aromatic N) is 1. The number of hydrogen-bond donors (Lipinski definition) is 2. The van der Waals surface area contributed by atoms with E-state index in [1.54, 1.807) is 24.3 Å². The van der Waals surface area contributed by atoms with Gasteiger partial charge in [0, 0.05) is 28.9 Å². The van der Waals surface area contributed by atoms with Gasteiger partial charge in [-0.3, -0.25) is 4.79 Å². The van der Waals surface area contributed by atoms with E-state index in [1.807, 2.05) is 0 Å². The fourth-order valence-corrected chi connectivity index (χ4v) is 5.52. The van der Waals surface area contributed by atoms with E-state index in [4.69, 9.17) is 32.7 Å². The summed E-state index contributed by atoms with van der Waals surface area (Å²) in [5, 5.41) is 3.27. The van der Waals surface area contributed by atoms with E-state index in [9.17, 15) is 13.2 Å². The number of nitrogens with one attached hydrogen (secondary N) is 2. The summed E-state index contributed by atoms with van der Waals surface area (Å²) in [4.78, 5) is 13.5. The monoisotopic (exact) mass is 488 g/mol. The largest absolute Gasteiger partial charge is 0.497 e. The lowest BCUT2D eigenvalue weighted by Crippen LogP contribution is -3.15. The van der Waals surface area contributed by atoms with Crippen molar-refractivity contribution in [2.24, 2.45) is 0 Å². The molecule has 168 valence electrons. The Labute approximate surface area is 191 Å². The number of hydrogen-bond acceptors (Lipinski definition) is 5. The Morgan fingerprint density at radius 1 is 1.06 bits per heavy atom. The molecule has 0 unspecified atom stereocenters. The van der Waals surface area contributed by atoms with E-state index in [-0.39, 0.29) is 35.5 Å². The predicted octanol–water partition coefficient (Wildman–Crippen LogP) is 1.54. The lowest BCUT2D eigenvalue weighted by Gasteiger charge is -2.31. The van der Waals surface area contributed by atoms with Crippen LogP contribution in [0.2, 0.25) is 10.0 Å². The van der Waals surface area contributed by atoms with Gasteiger partial charge in [0.05, 0.1) is 45.4 Å². The molecular weight excluding hydrogens is 465 g/mol. The third-order valence-electron chi connectivity index (χ3n) is 4.99. The van der Waals surface area contributed by atoms with Crippen molar-refractivity contribution in [3.05, 3.63) is 46.4 Å². The summed E-state index contributed by atoms with van der Waals surface area (Å²) < 4.78 is 37.6. The van der Waals surface area contributed by atoms with Gasteiger partial charge in [0.25, 0.3) is 5.91 Å². The van der Waals surface area contributed by atoms with Crippen molar-refractivity contribution in [3.8, 4) is 11.5 Å². The van der Waals surface area contributed by atoms with Crippen molar-refractivity contribution in [1.82, 2.24) is 4.31 Å². The van der Waals surface area contributed by atoms with Crippen LogP contribution in [0.3, 0.4) is 0 Å². The van der Waals surface area contributed by atoms with Crippen LogP contribution in [0.25, 0.3) is 0 Å². The second kappa shape index (κ2) is 10.1. The van der Waals surface area contributed by atoms with E-state index < -0.39 is 10.0 Å². The summed E-state index contributed by atoms with van der Waals surface area (Å²) in [7, 11) is -0.683. The minimum absolute atomic E-state index is 0.00479. The summed E-state index contributed by atoms with van der Waals surface area (Å²) in [6.07, 6.45) is 0. The van der Waals surface area contributed by atoms with Gasteiger partial charge in [-0.1, -0.05) is 23.2 Å². The first-order valence-electron chi connectivity index (χ1n) is 9.54. The Kier molecular flexibility index (Phi) is 7.66. The number of halogens is 2. The van der Waals surface area contributed by atoms with Crippen molar-refractivity contribution in [3.63, 3.8) is 0 Å². The van der Waals surface area contributed by atoms with Gasteiger partial charge < -0.3 is 19.7 Å². The highest BCUT2D eigenvalue weighted by Crippen LogP contribution is 2.28. The normalized spacial score (nSPS) is 15.5. The molecule has 0 spiro atoms. The number of quaternary nitrogens is 1. The second-order valence-corrected chi connectivity index (χ2v) is 9.81. The van der Waals surface area contributed by atoms with Gasteiger partial charge in [0.15, 0.2) is 6.54 Å². The molecule has 0 saturated carbocycles. The molecule has 1 saturated heterocycles. The van der Waals surface area contributed by atoms with Crippen molar-refractivity contribution in [2.75, 3.05) is 52.3 Å². The van der Waals surface area contributed by atoms with E-state index in [1.165, 1.54) is 30.7 Å². The minimum atomic E-state index is -3.76. The van der Waals surface area contributed by atoms with Gasteiger partial charge in [-0.25, -0.2) is 8.42 Å². The molecule has 0 radical (unpaired) electrons. The molecule has 0 aromatic heterocycles. The molecule has 31 heavy (non-hydrogen) atoms. The topological polar surface area (TPSA) is 89.4 Å². The maximum Gasteiger partial charge on any atom is 0.279 e. The van der Waals surface area contributed by atoms with Crippen LogP contribution in [0.15, 0.2) is 41.3 Å². The van der Waals surface area contributed by atoms with Crippen LogP contribution >= 0.6 is 23.2 Å². The molecule has 0 atom stereocenters. The third-order valence-corrected chi connectivity index (χ3v) is 7.60. The molecule has 2 aromatic carbocycles. The smallest absolute Gasteiger partial charge is 0.279 e. The van der Waals surface area contributed by atoms with Gasteiger partial charge in [0.1, 0.15) is 16.4 Å². The van der Waals surface area contributed by atoms with Gasteiger partial charge in [-0.05, 0) is 18.2 Å². The van der Waals surface area contributed by atoms with Gasteiger partial charge in [-0.2, -0.15) is 4.31 Å². The van der Waals surface area contributed by atoms with Crippen LogP contribution in [-0.2, 0) is 14.8 Å². The van der Waals surface area contributed by atoms with Crippen LogP contribution in [0, 0.1) is 0 Å². The Balaban J connectivity index is 1.59. The third kappa shape index (κ3) is 5.81. The number of amides is 1. The SMILES string of the molecule is COc1cc(NC(=O)C[NH+]2CCN(S(=O)(=O)c3cc(Cl)ccc3Cl)CC2)cc(OC)c1. The highest BCUT2D eigenvalue weighted by atomic mass is 35.5. The van der Waals surface area contributed by atoms with Crippen LogP contribution in [0.5, 0.6) is 11.5 Å². The zero-order chi connectivity index (χ0) is 22.6. The maximum atomic E-state index is 12.9. The number of methoxy groups -OCH3 is 2. The Morgan fingerprint density at radius 3 is 2.26 bits per heavy atom. The molecule has 2 N–H and O–H groups in total. The van der Waals surface area contributed by atoms with E-state index in [0.29, 0.717) is 35.3 Å². The predicted molar refractivity (Wildman–Crippen MR) is 119 cm³/mol. The molecule has 1 amide bonds. The van der Waals surface area contributed by atoms with Crippen LogP contribution < -0.4 is 19.7 Å².